The quantitative estimate of drug-likeness (QED) is 0.450. The van der Waals surface area contributed by atoms with E-state index < -0.39 is 4.92 Å². The van der Waals surface area contributed by atoms with E-state index in [1.165, 1.54) is 6.07 Å². The molecule has 1 rings (SSSR count). The third-order valence-corrected chi connectivity index (χ3v) is 1.19. The van der Waals surface area contributed by atoms with Crippen LogP contribution in [0.5, 0.6) is 0 Å². The number of rotatable bonds is 1. The van der Waals surface area contributed by atoms with E-state index in [4.69, 9.17) is 0 Å². The molecule has 0 bridgehead atoms. The largest absolute Gasteiger partial charge is 0.270 e. The van der Waals surface area contributed by atoms with Gasteiger partial charge in [0.05, 0.1) is 0 Å². The molecule has 0 spiro atoms. The third-order valence-electron chi connectivity index (χ3n) is 1.19. The summed E-state index contributed by atoms with van der Waals surface area (Å²) in [5.74, 6) is 0. The molecule has 4 heteroatoms. The Morgan fingerprint density at radius 1 is 1.36 bits per heavy atom. The van der Waals surface area contributed by atoms with Crippen LogP contribution in [-0.2, 0) is 21.1 Å². The van der Waals surface area contributed by atoms with Crippen LogP contribution >= 0.6 is 0 Å². The van der Waals surface area contributed by atoms with E-state index in [0.29, 0.717) is 5.56 Å². The Labute approximate surface area is 78.8 Å². The minimum Gasteiger partial charge on any atom is -0.270 e. The van der Waals surface area contributed by atoms with Crippen molar-refractivity contribution >= 4 is 5.69 Å². The van der Waals surface area contributed by atoms with E-state index in [0.717, 1.165) is 0 Å². The average Bonchev–Trinajstić information content (AvgIpc) is 1.88. The van der Waals surface area contributed by atoms with Gasteiger partial charge in [-0.3, -0.25) is 10.1 Å². The molecule has 0 fully saturated rings. The minimum atomic E-state index is -0.442. The maximum Gasteiger partial charge on any atom is 0.170 e. The molecule has 0 radical (unpaired) electrons. The van der Waals surface area contributed by atoms with Gasteiger partial charge >= 0.3 is 0 Å². The van der Waals surface area contributed by atoms with Gasteiger partial charge in [0.25, 0.3) is 0 Å². The van der Waals surface area contributed by atoms with Crippen molar-refractivity contribution < 1.29 is 26.0 Å². The van der Waals surface area contributed by atoms with Crippen molar-refractivity contribution in [2.75, 3.05) is 0 Å². The Kier molecular flexibility index (Phi) is 3.83. The van der Waals surface area contributed by atoms with E-state index in [1.54, 1.807) is 18.2 Å². The van der Waals surface area contributed by atoms with Crippen LogP contribution in [0.4, 0.5) is 5.69 Å². The summed E-state index contributed by atoms with van der Waals surface area (Å²) in [4.78, 5) is 9.75. The molecule has 0 saturated heterocycles. The van der Waals surface area contributed by atoms with Gasteiger partial charge in [-0.05, 0) is 6.07 Å². The number of benzene rings is 1. The molecular formula is C7H6NO2W-. The first-order valence-corrected chi connectivity index (χ1v) is 2.77. The molecule has 0 amide bonds. The summed E-state index contributed by atoms with van der Waals surface area (Å²) < 4.78 is 0. The summed E-state index contributed by atoms with van der Waals surface area (Å²) in [6, 6.07) is 6.38. The molecule has 1 aromatic rings. The Bertz CT molecular complexity index is 262. The van der Waals surface area contributed by atoms with Gasteiger partial charge in [-0.25, -0.2) is 0 Å². The predicted molar refractivity (Wildman–Crippen MR) is 37.6 cm³/mol. The molecule has 0 aliphatic carbocycles. The van der Waals surface area contributed by atoms with E-state index >= 15 is 0 Å². The van der Waals surface area contributed by atoms with Gasteiger partial charge in [0.2, 0.25) is 0 Å². The standard InChI is InChI=1S/C7H6NO2.W/c1-6-4-2-3-5-7(6)8(9)10;/h2-5H,1H2;/q-1;. The zero-order valence-corrected chi connectivity index (χ0v) is 8.62. The van der Waals surface area contributed by atoms with Crippen LogP contribution in [0, 0.1) is 17.0 Å². The molecular weight excluding hydrogens is 314 g/mol. The average molecular weight is 320 g/mol. The zero-order valence-electron chi connectivity index (χ0n) is 5.69. The normalized spacial score (nSPS) is 8.36. The molecule has 11 heavy (non-hydrogen) atoms. The molecule has 0 heterocycles. The number of hydrogen-bond donors (Lipinski definition) is 0. The van der Waals surface area contributed by atoms with Gasteiger partial charge < -0.3 is 0 Å². The smallest absolute Gasteiger partial charge is 0.170 e. The fourth-order valence-corrected chi connectivity index (χ4v) is 0.689. The third kappa shape index (κ3) is 2.35. The summed E-state index contributed by atoms with van der Waals surface area (Å²) in [6.45, 7) is 3.50. The molecule has 0 atom stereocenters. The summed E-state index contributed by atoms with van der Waals surface area (Å²) in [7, 11) is 0. The Balaban J connectivity index is 0.000001000. The maximum atomic E-state index is 10.2. The molecule has 0 aliphatic rings. The fourth-order valence-electron chi connectivity index (χ4n) is 0.689. The van der Waals surface area contributed by atoms with E-state index in [1.807, 2.05) is 0 Å². The summed E-state index contributed by atoms with van der Waals surface area (Å²) in [5, 5.41) is 10.2. The summed E-state index contributed by atoms with van der Waals surface area (Å²) in [6.07, 6.45) is 0. The van der Waals surface area contributed by atoms with Gasteiger partial charge in [-0.2, -0.15) is 13.0 Å². The monoisotopic (exact) mass is 320 g/mol. The second kappa shape index (κ2) is 4.14. The van der Waals surface area contributed by atoms with Crippen molar-refractivity contribution in [2.45, 2.75) is 0 Å². The van der Waals surface area contributed by atoms with E-state index in [9.17, 15) is 10.1 Å². The number of para-hydroxylation sites is 1. The number of nitro groups is 1. The Morgan fingerprint density at radius 3 is 2.27 bits per heavy atom. The van der Waals surface area contributed by atoms with Crippen molar-refractivity contribution in [3.8, 4) is 0 Å². The van der Waals surface area contributed by atoms with Crippen LogP contribution in [0.25, 0.3) is 0 Å². The summed E-state index contributed by atoms with van der Waals surface area (Å²) >= 11 is 0. The van der Waals surface area contributed by atoms with Crippen LogP contribution in [-0.4, -0.2) is 4.92 Å². The fraction of sp³-hybridized carbons (Fsp3) is 0. The first kappa shape index (κ1) is 10.2. The van der Waals surface area contributed by atoms with Crippen molar-refractivity contribution in [2.24, 2.45) is 0 Å². The van der Waals surface area contributed by atoms with Crippen LogP contribution in [0.2, 0.25) is 0 Å². The molecule has 3 nitrogen and oxygen atoms in total. The molecule has 0 aromatic heterocycles. The van der Waals surface area contributed by atoms with E-state index in [-0.39, 0.29) is 26.8 Å². The van der Waals surface area contributed by atoms with Gasteiger partial charge in [0.1, 0.15) is 0 Å². The SMILES string of the molecule is [CH2-]c1ccccc1[N+](=O)[O-].[W]. The second-order valence-electron chi connectivity index (χ2n) is 1.89. The molecule has 58 valence electrons. The molecule has 0 saturated carbocycles. The Hall–Kier alpha value is -0.822. The van der Waals surface area contributed by atoms with Crippen LogP contribution < -0.4 is 0 Å². The zero-order chi connectivity index (χ0) is 7.56. The first-order chi connectivity index (χ1) is 4.72. The number of nitrogens with zero attached hydrogens (tertiary/aromatic N) is 1. The number of nitro benzene ring substituents is 1. The van der Waals surface area contributed by atoms with Crippen molar-refractivity contribution in [3.05, 3.63) is 46.9 Å². The maximum absolute atomic E-state index is 10.2. The summed E-state index contributed by atoms with van der Waals surface area (Å²) in [5.41, 5.74) is 0.523. The van der Waals surface area contributed by atoms with Crippen molar-refractivity contribution in [1.82, 2.24) is 0 Å². The van der Waals surface area contributed by atoms with Crippen LogP contribution in [0.15, 0.2) is 24.3 Å². The molecule has 0 unspecified atom stereocenters. The Morgan fingerprint density at radius 2 is 1.91 bits per heavy atom. The van der Waals surface area contributed by atoms with Crippen molar-refractivity contribution in [3.63, 3.8) is 0 Å². The molecule has 1 aromatic carbocycles. The topological polar surface area (TPSA) is 43.1 Å². The second-order valence-corrected chi connectivity index (χ2v) is 1.89. The molecule has 0 N–H and O–H groups in total. The first-order valence-electron chi connectivity index (χ1n) is 2.77. The van der Waals surface area contributed by atoms with Crippen molar-refractivity contribution in [1.29, 1.82) is 0 Å². The van der Waals surface area contributed by atoms with Gasteiger partial charge in [0.15, 0.2) is 5.69 Å². The van der Waals surface area contributed by atoms with Gasteiger partial charge in [-0.1, -0.05) is 6.07 Å². The van der Waals surface area contributed by atoms with E-state index in [2.05, 4.69) is 6.92 Å². The number of hydrogen-bond acceptors (Lipinski definition) is 2. The molecule has 0 aliphatic heterocycles. The van der Waals surface area contributed by atoms with Crippen LogP contribution in [0.1, 0.15) is 5.56 Å². The van der Waals surface area contributed by atoms with Crippen LogP contribution in [0.3, 0.4) is 0 Å². The minimum absolute atomic E-state index is 0. The van der Waals surface area contributed by atoms with Gasteiger partial charge in [0, 0.05) is 26.0 Å². The predicted octanol–water partition coefficient (Wildman–Crippen LogP) is 1.77. The van der Waals surface area contributed by atoms with Gasteiger partial charge in [-0.15, -0.1) is 11.6 Å².